The van der Waals surface area contributed by atoms with Crippen molar-refractivity contribution in [3.05, 3.63) is 87.0 Å². The van der Waals surface area contributed by atoms with Crippen molar-refractivity contribution in [2.75, 3.05) is 39.6 Å². The Hall–Kier alpha value is -5.46. The molecule has 2 heterocycles. The Labute approximate surface area is 231 Å². The summed E-state index contributed by atoms with van der Waals surface area (Å²) in [5.74, 6) is -1.74. The molecule has 0 fully saturated rings. The molecule has 0 saturated carbocycles. The van der Waals surface area contributed by atoms with E-state index < -0.39 is 52.9 Å². The second kappa shape index (κ2) is 11.7. The number of carbonyl (C=O) groups excluding carboxylic acids is 4. The van der Waals surface area contributed by atoms with Crippen molar-refractivity contribution in [2.45, 2.75) is 0 Å². The molecule has 2 aliphatic rings. The topological polar surface area (TPSA) is 167 Å². The molecule has 0 amide bonds. The molecule has 0 N–H and O–H groups in total. The molecule has 3 aromatic carbocycles. The first kappa shape index (κ1) is 27.1. The minimum absolute atomic E-state index is 0.179. The molecule has 0 bridgehead atoms. The number of nitrogens with zero attached hydrogens (tertiary/aromatic N) is 1. The maximum atomic E-state index is 12.9. The summed E-state index contributed by atoms with van der Waals surface area (Å²) in [6.07, 6.45) is 0. The molecule has 0 unspecified atom stereocenters. The predicted molar refractivity (Wildman–Crippen MR) is 137 cm³/mol. The van der Waals surface area contributed by atoms with E-state index in [1.807, 2.05) is 0 Å². The van der Waals surface area contributed by atoms with Crippen LogP contribution in [0.25, 0.3) is 0 Å². The van der Waals surface area contributed by atoms with Gasteiger partial charge in [0.1, 0.15) is 26.4 Å². The summed E-state index contributed by atoms with van der Waals surface area (Å²) in [6.45, 7) is -0.0255. The van der Waals surface area contributed by atoms with Gasteiger partial charge in [-0.05, 0) is 42.5 Å². The van der Waals surface area contributed by atoms with Crippen LogP contribution >= 0.6 is 0 Å². The highest BCUT2D eigenvalue weighted by atomic mass is 16.6. The molecule has 0 spiro atoms. The average molecular weight is 563 g/mol. The number of Topliss-reactive ketones (excluding diaryl/α,β-unsaturated/α-hetero) is 2. The van der Waals surface area contributed by atoms with E-state index in [0.29, 0.717) is 49.4 Å². The molecule has 2 aliphatic heterocycles. The molecule has 41 heavy (non-hydrogen) atoms. The van der Waals surface area contributed by atoms with Gasteiger partial charge in [-0.1, -0.05) is 0 Å². The third-order valence-corrected chi connectivity index (χ3v) is 6.05. The van der Waals surface area contributed by atoms with Crippen molar-refractivity contribution < 1.29 is 52.5 Å². The van der Waals surface area contributed by atoms with Gasteiger partial charge in [0.25, 0.3) is 5.69 Å². The van der Waals surface area contributed by atoms with Crippen LogP contribution in [0, 0.1) is 10.1 Å². The summed E-state index contributed by atoms with van der Waals surface area (Å²) in [5, 5.41) is 11.3. The first-order valence-corrected chi connectivity index (χ1v) is 12.3. The number of hydrogen-bond donors (Lipinski definition) is 0. The second-order valence-corrected chi connectivity index (χ2v) is 8.70. The molecule has 210 valence electrons. The summed E-state index contributed by atoms with van der Waals surface area (Å²) in [4.78, 5) is 61.5. The van der Waals surface area contributed by atoms with Crippen LogP contribution in [0.4, 0.5) is 5.69 Å². The lowest BCUT2D eigenvalue weighted by Gasteiger charge is -2.18. The van der Waals surface area contributed by atoms with E-state index in [1.54, 1.807) is 12.1 Å². The van der Waals surface area contributed by atoms with E-state index in [-0.39, 0.29) is 16.7 Å². The van der Waals surface area contributed by atoms with Gasteiger partial charge in [0.2, 0.25) is 0 Å². The highest BCUT2D eigenvalue weighted by Crippen LogP contribution is 2.32. The Morgan fingerprint density at radius 1 is 0.634 bits per heavy atom. The first-order valence-electron chi connectivity index (χ1n) is 12.3. The minimum Gasteiger partial charge on any atom is -0.486 e. The highest BCUT2D eigenvalue weighted by Gasteiger charge is 2.25. The number of nitro groups is 1. The van der Waals surface area contributed by atoms with Gasteiger partial charge in [0, 0.05) is 23.3 Å². The number of ether oxygens (including phenoxy) is 6. The summed E-state index contributed by atoms with van der Waals surface area (Å²) in [5.41, 5.74) is -1.02. The lowest BCUT2D eigenvalue weighted by atomic mass is 10.1. The highest BCUT2D eigenvalue weighted by molar-refractivity contribution is 6.06. The molecular weight excluding hydrogens is 542 g/mol. The molecule has 0 aliphatic carbocycles. The van der Waals surface area contributed by atoms with Crippen molar-refractivity contribution in [3.63, 3.8) is 0 Å². The van der Waals surface area contributed by atoms with Gasteiger partial charge >= 0.3 is 11.9 Å². The molecule has 0 aromatic heterocycles. The Bertz CT molecular complexity index is 1560. The van der Waals surface area contributed by atoms with Gasteiger partial charge in [0.05, 0.1) is 16.1 Å². The lowest BCUT2D eigenvalue weighted by molar-refractivity contribution is -0.384. The Morgan fingerprint density at radius 2 is 1.10 bits per heavy atom. The second-order valence-electron chi connectivity index (χ2n) is 8.70. The Morgan fingerprint density at radius 3 is 1.59 bits per heavy atom. The van der Waals surface area contributed by atoms with E-state index in [2.05, 4.69) is 0 Å². The fourth-order valence-corrected chi connectivity index (χ4v) is 4.01. The fourth-order valence-electron chi connectivity index (χ4n) is 4.01. The largest absolute Gasteiger partial charge is 0.486 e. The molecule has 13 nitrogen and oxygen atoms in total. The van der Waals surface area contributed by atoms with Crippen LogP contribution in [-0.4, -0.2) is 68.1 Å². The number of fused-ring (bicyclic) bond motifs is 2. The zero-order valence-electron chi connectivity index (χ0n) is 21.3. The number of rotatable bonds is 9. The molecule has 0 saturated heterocycles. The normalized spacial score (nSPS) is 13.1. The maximum absolute atomic E-state index is 12.9. The van der Waals surface area contributed by atoms with Gasteiger partial charge in [-0.15, -0.1) is 0 Å². The molecule has 5 rings (SSSR count). The van der Waals surface area contributed by atoms with E-state index in [1.165, 1.54) is 24.3 Å². The number of benzene rings is 3. The zero-order valence-corrected chi connectivity index (χ0v) is 21.3. The number of hydrogen-bond acceptors (Lipinski definition) is 12. The Balaban J connectivity index is 1.27. The number of non-ortho nitro benzene ring substituents is 1. The quantitative estimate of drug-likeness (QED) is 0.162. The third-order valence-electron chi connectivity index (χ3n) is 6.05. The number of esters is 2. The zero-order chi connectivity index (χ0) is 28.9. The smallest absolute Gasteiger partial charge is 0.339 e. The lowest BCUT2D eigenvalue weighted by Crippen LogP contribution is -2.20. The molecule has 3 aromatic rings. The van der Waals surface area contributed by atoms with Crippen LogP contribution in [0.3, 0.4) is 0 Å². The van der Waals surface area contributed by atoms with Crippen LogP contribution in [0.5, 0.6) is 23.0 Å². The predicted octanol–water partition coefficient (Wildman–Crippen LogP) is 3.22. The SMILES string of the molecule is O=C(COC(=O)c1ccc([N+](=O)[O-])cc1C(=O)OCC(=O)c1ccc2c(c1)OCCO2)c1ccc2c(c1)OCCO2. The van der Waals surface area contributed by atoms with Crippen LogP contribution in [0.15, 0.2) is 54.6 Å². The first-order chi connectivity index (χ1) is 19.8. The molecular formula is C28H21NO12. The van der Waals surface area contributed by atoms with Crippen molar-refractivity contribution >= 4 is 29.2 Å². The van der Waals surface area contributed by atoms with Crippen molar-refractivity contribution in [1.29, 1.82) is 0 Å². The van der Waals surface area contributed by atoms with Crippen molar-refractivity contribution in [3.8, 4) is 23.0 Å². The van der Waals surface area contributed by atoms with Crippen LogP contribution in [0.1, 0.15) is 41.4 Å². The van der Waals surface area contributed by atoms with Gasteiger partial charge in [-0.25, -0.2) is 9.59 Å². The number of ketones is 2. The monoisotopic (exact) mass is 563 g/mol. The summed E-state index contributed by atoms with van der Waals surface area (Å²) in [6, 6.07) is 11.8. The van der Waals surface area contributed by atoms with E-state index in [9.17, 15) is 29.3 Å². The van der Waals surface area contributed by atoms with Gasteiger partial charge < -0.3 is 28.4 Å². The van der Waals surface area contributed by atoms with Crippen molar-refractivity contribution in [1.82, 2.24) is 0 Å². The molecule has 0 atom stereocenters. The summed E-state index contributed by atoms with van der Waals surface area (Å²) in [7, 11) is 0. The molecule has 13 heteroatoms. The Kier molecular flexibility index (Phi) is 7.76. The average Bonchev–Trinajstić information content (AvgIpc) is 3.01. The standard InChI is InChI=1S/C28H21NO12/c30-21(16-1-5-23-25(11-16)38-9-7-36-23)14-40-27(32)19-4-3-18(29(34)35)13-20(19)28(33)41-15-22(31)17-2-6-24-26(12-17)39-10-8-37-24/h1-6,11-13H,7-10,14-15H2. The van der Waals surface area contributed by atoms with E-state index in [4.69, 9.17) is 28.4 Å². The summed E-state index contributed by atoms with van der Waals surface area (Å²) >= 11 is 0. The third kappa shape index (κ3) is 6.08. The van der Waals surface area contributed by atoms with Gasteiger partial charge in [-0.3, -0.25) is 19.7 Å². The summed E-state index contributed by atoms with van der Waals surface area (Å²) < 4.78 is 31.9. The van der Waals surface area contributed by atoms with Crippen LogP contribution in [-0.2, 0) is 9.47 Å². The van der Waals surface area contributed by atoms with Crippen molar-refractivity contribution in [2.24, 2.45) is 0 Å². The van der Waals surface area contributed by atoms with Crippen LogP contribution < -0.4 is 18.9 Å². The maximum Gasteiger partial charge on any atom is 0.339 e. The molecule has 0 radical (unpaired) electrons. The van der Waals surface area contributed by atoms with E-state index >= 15 is 0 Å². The fraction of sp³-hybridized carbons (Fsp3) is 0.214. The van der Waals surface area contributed by atoms with E-state index in [0.717, 1.165) is 18.2 Å². The minimum atomic E-state index is -1.18. The van der Waals surface area contributed by atoms with Crippen LogP contribution in [0.2, 0.25) is 0 Å². The van der Waals surface area contributed by atoms with Gasteiger partial charge in [0.15, 0.2) is 47.8 Å². The number of carbonyl (C=O) groups is 4. The number of nitro benzene ring substituents is 1. The van der Waals surface area contributed by atoms with Gasteiger partial charge in [-0.2, -0.15) is 0 Å².